The van der Waals surface area contributed by atoms with E-state index < -0.39 is 6.10 Å². The Morgan fingerprint density at radius 1 is 0.253 bits per heavy atom. The fourth-order valence-corrected chi connectivity index (χ4v) is 10.8. The Balaban J connectivity index is 4.08. The average molecular weight is 1110 g/mol. The van der Waals surface area contributed by atoms with Gasteiger partial charge in [-0.15, -0.1) is 0 Å². The first-order valence-electron chi connectivity index (χ1n) is 35.5. The van der Waals surface area contributed by atoms with E-state index in [9.17, 15) is 14.4 Å². The minimum Gasteiger partial charge on any atom is -0.462 e. The largest absolute Gasteiger partial charge is 0.462 e. The quantitative estimate of drug-likeness (QED) is 0.0261. The van der Waals surface area contributed by atoms with Crippen LogP contribution in [0.5, 0.6) is 0 Å². The Kier molecular flexibility index (Phi) is 66.1. The lowest BCUT2D eigenvalue weighted by Gasteiger charge is -2.18. The lowest BCUT2D eigenvalue weighted by atomic mass is 10.0. The van der Waals surface area contributed by atoms with Gasteiger partial charge in [0.25, 0.3) is 0 Å². The molecule has 0 heterocycles. The van der Waals surface area contributed by atoms with Gasteiger partial charge in [-0.05, 0) is 70.6 Å². The third-order valence-corrected chi connectivity index (χ3v) is 16.1. The maximum atomic E-state index is 12.9. The molecule has 0 radical (unpaired) electrons. The molecule has 0 aliphatic carbocycles. The van der Waals surface area contributed by atoms with Gasteiger partial charge in [-0.1, -0.05) is 340 Å². The van der Waals surface area contributed by atoms with Gasteiger partial charge in [0.2, 0.25) is 0 Å². The van der Waals surface area contributed by atoms with Crippen molar-refractivity contribution in [2.45, 2.75) is 399 Å². The van der Waals surface area contributed by atoms with Crippen LogP contribution in [0.1, 0.15) is 393 Å². The van der Waals surface area contributed by atoms with E-state index in [1.165, 1.54) is 276 Å². The molecule has 0 aromatic rings. The summed E-state index contributed by atoms with van der Waals surface area (Å²) in [6, 6.07) is 0. The van der Waals surface area contributed by atoms with Crippen molar-refractivity contribution in [1.82, 2.24) is 0 Å². The summed E-state index contributed by atoms with van der Waals surface area (Å²) in [5.74, 6) is -0.852. The molecule has 1 unspecified atom stereocenters. The molecule has 0 aromatic carbocycles. The van der Waals surface area contributed by atoms with Crippen molar-refractivity contribution in [3.05, 3.63) is 36.5 Å². The molecule has 79 heavy (non-hydrogen) atoms. The Morgan fingerprint density at radius 3 is 0.759 bits per heavy atom. The molecule has 0 aliphatic rings. The molecule has 0 N–H and O–H groups in total. The number of esters is 3. The Hall–Kier alpha value is -2.37. The predicted octanol–water partition coefficient (Wildman–Crippen LogP) is 24.3. The summed E-state index contributed by atoms with van der Waals surface area (Å²) in [4.78, 5) is 38.3. The predicted molar refractivity (Wildman–Crippen MR) is 344 cm³/mol. The Labute approximate surface area is 493 Å². The molecule has 0 fully saturated rings. The first kappa shape index (κ1) is 76.6. The van der Waals surface area contributed by atoms with Crippen LogP contribution in [0.2, 0.25) is 0 Å². The highest BCUT2D eigenvalue weighted by Crippen LogP contribution is 2.19. The molecule has 1 atom stereocenters. The summed E-state index contributed by atoms with van der Waals surface area (Å²) >= 11 is 0. The maximum Gasteiger partial charge on any atom is 0.306 e. The SMILES string of the molecule is CCC/C=C\CCCCCCCC(=O)OCC(COC(=O)CCCCCCCCCCCCCCCCCCCCC/C=C\C/C=C\CCCCCCC)OC(=O)CCCCCCCCCCCCCCCCCCCCCC. The molecular weight excluding hydrogens is 973 g/mol. The summed E-state index contributed by atoms with van der Waals surface area (Å²) in [6.07, 6.45) is 84.8. The molecule has 0 rings (SSSR count). The van der Waals surface area contributed by atoms with Crippen LogP contribution < -0.4 is 0 Å². The Morgan fingerprint density at radius 2 is 0.481 bits per heavy atom. The zero-order valence-corrected chi connectivity index (χ0v) is 53.4. The first-order chi connectivity index (χ1) is 39.0. The number of hydrogen-bond acceptors (Lipinski definition) is 6. The smallest absolute Gasteiger partial charge is 0.306 e. The van der Waals surface area contributed by atoms with E-state index in [0.717, 1.165) is 77.0 Å². The van der Waals surface area contributed by atoms with Gasteiger partial charge in [0.15, 0.2) is 6.10 Å². The maximum absolute atomic E-state index is 12.9. The van der Waals surface area contributed by atoms with Crippen molar-refractivity contribution in [3.63, 3.8) is 0 Å². The lowest BCUT2D eigenvalue weighted by Crippen LogP contribution is -2.30. The number of allylic oxidation sites excluding steroid dienone is 6. The first-order valence-corrected chi connectivity index (χ1v) is 35.5. The van der Waals surface area contributed by atoms with Crippen LogP contribution in [-0.2, 0) is 28.6 Å². The van der Waals surface area contributed by atoms with E-state index in [0.29, 0.717) is 19.3 Å². The van der Waals surface area contributed by atoms with Crippen molar-refractivity contribution >= 4 is 17.9 Å². The highest BCUT2D eigenvalue weighted by Gasteiger charge is 2.19. The normalized spacial score (nSPS) is 12.2. The molecule has 0 saturated heterocycles. The van der Waals surface area contributed by atoms with Crippen molar-refractivity contribution < 1.29 is 28.6 Å². The number of ether oxygens (including phenoxy) is 3. The van der Waals surface area contributed by atoms with E-state index >= 15 is 0 Å². The number of carbonyl (C=O) groups is 3. The van der Waals surface area contributed by atoms with E-state index in [4.69, 9.17) is 14.2 Å². The third-order valence-electron chi connectivity index (χ3n) is 16.1. The molecule has 0 bridgehead atoms. The number of unbranched alkanes of at least 4 members (excludes halogenated alkanes) is 49. The van der Waals surface area contributed by atoms with Gasteiger partial charge < -0.3 is 14.2 Å². The lowest BCUT2D eigenvalue weighted by molar-refractivity contribution is -0.167. The fourth-order valence-electron chi connectivity index (χ4n) is 10.8. The fraction of sp³-hybridized carbons (Fsp3) is 0.877. The standard InChI is InChI=1S/C73H136O6/c1-4-7-10-13-16-19-22-24-26-28-30-32-33-34-35-36-37-38-39-40-41-42-44-45-47-49-51-54-57-60-63-66-72(75)78-69-70(68-77-71(74)65-62-59-56-53-21-18-15-12-9-6-3)79-73(76)67-64-61-58-55-52-50-48-46-43-31-29-27-25-23-20-17-14-11-8-5-2/h12,15,22,24,28,30,70H,4-11,13-14,16-21,23,25-27,29,31-69H2,1-3H3/b15-12-,24-22-,30-28-. The van der Waals surface area contributed by atoms with Gasteiger partial charge in [0.1, 0.15) is 13.2 Å². The van der Waals surface area contributed by atoms with E-state index in [1.807, 2.05) is 0 Å². The summed E-state index contributed by atoms with van der Waals surface area (Å²) in [5, 5.41) is 0. The monoisotopic (exact) mass is 1110 g/mol. The van der Waals surface area contributed by atoms with E-state index in [-0.39, 0.29) is 31.1 Å². The number of hydrogen-bond donors (Lipinski definition) is 0. The topological polar surface area (TPSA) is 78.9 Å². The highest BCUT2D eigenvalue weighted by atomic mass is 16.6. The van der Waals surface area contributed by atoms with Crippen LogP contribution in [-0.4, -0.2) is 37.2 Å². The molecule has 0 saturated carbocycles. The van der Waals surface area contributed by atoms with Crippen molar-refractivity contribution in [1.29, 1.82) is 0 Å². The Bertz CT molecular complexity index is 1320. The van der Waals surface area contributed by atoms with Crippen LogP contribution in [0.15, 0.2) is 36.5 Å². The molecule has 0 aromatic heterocycles. The van der Waals surface area contributed by atoms with Gasteiger partial charge in [-0.25, -0.2) is 0 Å². The van der Waals surface area contributed by atoms with Gasteiger partial charge in [0, 0.05) is 19.3 Å². The molecule has 6 heteroatoms. The summed E-state index contributed by atoms with van der Waals surface area (Å²) < 4.78 is 16.9. The molecule has 464 valence electrons. The summed E-state index contributed by atoms with van der Waals surface area (Å²) in [5.41, 5.74) is 0. The molecule has 0 aliphatic heterocycles. The zero-order chi connectivity index (χ0) is 57.1. The zero-order valence-electron chi connectivity index (χ0n) is 53.4. The second kappa shape index (κ2) is 68.1. The third kappa shape index (κ3) is 66.3. The highest BCUT2D eigenvalue weighted by molar-refractivity contribution is 5.71. The molecule has 6 nitrogen and oxygen atoms in total. The van der Waals surface area contributed by atoms with Gasteiger partial charge in [-0.2, -0.15) is 0 Å². The van der Waals surface area contributed by atoms with Crippen molar-refractivity contribution in [2.75, 3.05) is 13.2 Å². The summed E-state index contributed by atoms with van der Waals surface area (Å²) in [6.45, 7) is 6.63. The minimum atomic E-state index is -0.771. The molecule has 0 amide bonds. The van der Waals surface area contributed by atoms with E-state index in [1.54, 1.807) is 0 Å². The number of carbonyl (C=O) groups excluding carboxylic acids is 3. The van der Waals surface area contributed by atoms with Crippen molar-refractivity contribution in [2.24, 2.45) is 0 Å². The van der Waals surface area contributed by atoms with Gasteiger partial charge in [-0.3, -0.25) is 14.4 Å². The second-order valence-electron chi connectivity index (χ2n) is 24.1. The van der Waals surface area contributed by atoms with Crippen LogP contribution >= 0.6 is 0 Å². The van der Waals surface area contributed by atoms with E-state index in [2.05, 4.69) is 57.2 Å². The minimum absolute atomic E-state index is 0.0688. The van der Waals surface area contributed by atoms with Crippen LogP contribution in [0.25, 0.3) is 0 Å². The van der Waals surface area contributed by atoms with Crippen LogP contribution in [0.4, 0.5) is 0 Å². The summed E-state index contributed by atoms with van der Waals surface area (Å²) in [7, 11) is 0. The van der Waals surface area contributed by atoms with Gasteiger partial charge >= 0.3 is 17.9 Å². The molecule has 0 spiro atoms. The average Bonchev–Trinajstić information content (AvgIpc) is 3.45. The van der Waals surface area contributed by atoms with Crippen molar-refractivity contribution in [3.8, 4) is 0 Å². The number of rotatable bonds is 66. The van der Waals surface area contributed by atoms with Gasteiger partial charge in [0.05, 0.1) is 0 Å². The van der Waals surface area contributed by atoms with Crippen LogP contribution in [0, 0.1) is 0 Å². The second-order valence-corrected chi connectivity index (χ2v) is 24.1. The molecular formula is C73H136O6. The van der Waals surface area contributed by atoms with Crippen LogP contribution in [0.3, 0.4) is 0 Å².